The van der Waals surface area contributed by atoms with E-state index in [1.165, 1.54) is 16.7 Å². The summed E-state index contributed by atoms with van der Waals surface area (Å²) in [4.78, 5) is 0. The van der Waals surface area contributed by atoms with Gasteiger partial charge in [0.05, 0.1) is 0 Å². The van der Waals surface area contributed by atoms with Crippen LogP contribution in [0.5, 0.6) is 0 Å². The molecule has 1 heterocycles. The van der Waals surface area contributed by atoms with Gasteiger partial charge in [-0.15, -0.1) is 0 Å². The molecule has 1 atom stereocenters. The number of ether oxygens (including phenoxy) is 1. The monoisotopic (exact) mass is 234 g/mol. The molecule has 3 nitrogen and oxygen atoms in total. The van der Waals surface area contributed by atoms with Crippen LogP contribution >= 0.6 is 0 Å². The lowest BCUT2D eigenvalue weighted by molar-refractivity contribution is 0.0534. The van der Waals surface area contributed by atoms with Crippen molar-refractivity contribution in [2.45, 2.75) is 32.7 Å². The maximum atomic E-state index is 5.78. The molecule has 1 saturated heterocycles. The summed E-state index contributed by atoms with van der Waals surface area (Å²) in [6.45, 7) is 6.03. The van der Waals surface area contributed by atoms with Crippen molar-refractivity contribution in [3.63, 3.8) is 0 Å². The Hall–Kier alpha value is -0.900. The smallest absolute Gasteiger partial charge is 0.0495 e. The molecule has 0 radical (unpaired) electrons. The molecule has 1 unspecified atom stereocenters. The van der Waals surface area contributed by atoms with Crippen molar-refractivity contribution in [1.29, 1.82) is 0 Å². The Labute approximate surface area is 103 Å². The Kier molecular flexibility index (Phi) is 4.15. The summed E-state index contributed by atoms with van der Waals surface area (Å²) in [6, 6.07) is 6.67. The SMILES string of the molecule is Cc1cccc(C)c1C(NN)C1CCOCC1. The summed E-state index contributed by atoms with van der Waals surface area (Å²) in [6.07, 6.45) is 2.17. The molecule has 1 fully saturated rings. The number of nitrogens with one attached hydrogen (secondary N) is 1. The van der Waals surface area contributed by atoms with Gasteiger partial charge in [0.2, 0.25) is 0 Å². The zero-order valence-corrected chi connectivity index (χ0v) is 10.7. The maximum Gasteiger partial charge on any atom is 0.0495 e. The standard InChI is InChI=1S/C14H22N2O/c1-10-4-3-5-11(2)13(10)14(16-15)12-6-8-17-9-7-12/h3-5,12,14,16H,6-9,15H2,1-2H3. The highest BCUT2D eigenvalue weighted by Crippen LogP contribution is 2.32. The van der Waals surface area contributed by atoms with Crippen molar-refractivity contribution >= 4 is 0 Å². The zero-order valence-electron chi connectivity index (χ0n) is 10.7. The van der Waals surface area contributed by atoms with Crippen molar-refractivity contribution in [3.8, 4) is 0 Å². The Morgan fingerprint density at radius 3 is 2.35 bits per heavy atom. The van der Waals surface area contributed by atoms with Crippen LogP contribution in [-0.2, 0) is 4.74 Å². The molecule has 3 N–H and O–H groups in total. The van der Waals surface area contributed by atoms with E-state index in [2.05, 4.69) is 37.5 Å². The first kappa shape index (κ1) is 12.6. The third-order valence-electron chi connectivity index (χ3n) is 3.77. The minimum atomic E-state index is 0.250. The largest absolute Gasteiger partial charge is 0.381 e. The maximum absolute atomic E-state index is 5.78. The van der Waals surface area contributed by atoms with Gasteiger partial charge in [-0.3, -0.25) is 11.3 Å². The molecular weight excluding hydrogens is 212 g/mol. The predicted molar refractivity (Wildman–Crippen MR) is 69.5 cm³/mol. The van der Waals surface area contributed by atoms with Crippen molar-refractivity contribution < 1.29 is 4.74 Å². The normalized spacial score (nSPS) is 19.2. The average molecular weight is 234 g/mol. The van der Waals surface area contributed by atoms with Crippen molar-refractivity contribution in [1.82, 2.24) is 5.43 Å². The second-order valence-electron chi connectivity index (χ2n) is 4.90. The fraction of sp³-hybridized carbons (Fsp3) is 0.571. The van der Waals surface area contributed by atoms with Gasteiger partial charge in [-0.25, -0.2) is 0 Å². The van der Waals surface area contributed by atoms with E-state index in [0.29, 0.717) is 5.92 Å². The first-order chi connectivity index (χ1) is 8.24. The van der Waals surface area contributed by atoms with Gasteiger partial charge in [-0.1, -0.05) is 18.2 Å². The van der Waals surface area contributed by atoms with Crippen LogP contribution < -0.4 is 11.3 Å². The van der Waals surface area contributed by atoms with Gasteiger partial charge in [0, 0.05) is 19.3 Å². The van der Waals surface area contributed by atoms with Gasteiger partial charge >= 0.3 is 0 Å². The molecule has 3 heteroatoms. The molecule has 17 heavy (non-hydrogen) atoms. The molecule has 0 bridgehead atoms. The van der Waals surface area contributed by atoms with Crippen LogP contribution in [0.25, 0.3) is 0 Å². The number of rotatable bonds is 3. The minimum absolute atomic E-state index is 0.250. The van der Waals surface area contributed by atoms with Crippen LogP contribution in [0.4, 0.5) is 0 Å². The summed E-state index contributed by atoms with van der Waals surface area (Å²) in [7, 11) is 0. The van der Waals surface area contributed by atoms with Crippen LogP contribution in [0, 0.1) is 19.8 Å². The molecular formula is C14H22N2O. The van der Waals surface area contributed by atoms with Crippen LogP contribution in [0.1, 0.15) is 35.6 Å². The highest BCUT2D eigenvalue weighted by molar-refractivity contribution is 5.36. The number of nitrogens with two attached hydrogens (primary N) is 1. The second kappa shape index (κ2) is 5.63. The Morgan fingerprint density at radius 2 is 1.82 bits per heavy atom. The quantitative estimate of drug-likeness (QED) is 0.623. The molecule has 0 aromatic heterocycles. The molecule has 2 rings (SSSR count). The first-order valence-corrected chi connectivity index (χ1v) is 6.34. The van der Waals surface area contributed by atoms with Crippen molar-refractivity contribution in [3.05, 3.63) is 34.9 Å². The highest BCUT2D eigenvalue weighted by atomic mass is 16.5. The van der Waals surface area contributed by atoms with Crippen LogP contribution in [0.3, 0.4) is 0 Å². The lowest BCUT2D eigenvalue weighted by Crippen LogP contribution is -2.37. The summed E-state index contributed by atoms with van der Waals surface area (Å²) in [5.74, 6) is 6.36. The van der Waals surface area contributed by atoms with E-state index >= 15 is 0 Å². The number of hydrogen-bond donors (Lipinski definition) is 2. The number of hydrogen-bond acceptors (Lipinski definition) is 3. The fourth-order valence-corrected chi connectivity index (χ4v) is 2.82. The van der Waals surface area contributed by atoms with Gasteiger partial charge in [0.15, 0.2) is 0 Å². The molecule has 0 saturated carbocycles. The van der Waals surface area contributed by atoms with E-state index < -0.39 is 0 Å². The summed E-state index contributed by atoms with van der Waals surface area (Å²) in [5, 5.41) is 0. The fourth-order valence-electron chi connectivity index (χ4n) is 2.82. The lowest BCUT2D eigenvalue weighted by atomic mass is 9.84. The van der Waals surface area contributed by atoms with E-state index in [-0.39, 0.29) is 6.04 Å². The molecule has 1 aromatic carbocycles. The van der Waals surface area contributed by atoms with Crippen molar-refractivity contribution in [2.24, 2.45) is 11.8 Å². The third kappa shape index (κ3) is 2.68. The van der Waals surface area contributed by atoms with Crippen LogP contribution in [0.15, 0.2) is 18.2 Å². The number of aryl methyl sites for hydroxylation is 2. The minimum Gasteiger partial charge on any atom is -0.381 e. The topological polar surface area (TPSA) is 47.3 Å². The third-order valence-corrected chi connectivity index (χ3v) is 3.77. The Bertz CT molecular complexity index is 352. The number of benzene rings is 1. The second-order valence-corrected chi connectivity index (χ2v) is 4.90. The summed E-state index contributed by atoms with van der Waals surface area (Å²) >= 11 is 0. The van der Waals surface area contributed by atoms with Crippen molar-refractivity contribution in [2.75, 3.05) is 13.2 Å². The van der Waals surface area contributed by atoms with Gasteiger partial charge in [0.1, 0.15) is 0 Å². The summed E-state index contributed by atoms with van der Waals surface area (Å²) in [5.41, 5.74) is 7.01. The van der Waals surface area contributed by atoms with E-state index in [1.807, 2.05) is 0 Å². The Balaban J connectivity index is 2.27. The van der Waals surface area contributed by atoms with Crippen LogP contribution in [-0.4, -0.2) is 13.2 Å². The predicted octanol–water partition coefficient (Wildman–Crippen LogP) is 2.23. The molecule has 0 amide bonds. The Morgan fingerprint density at radius 1 is 1.24 bits per heavy atom. The van der Waals surface area contributed by atoms with E-state index in [4.69, 9.17) is 10.6 Å². The molecule has 1 aromatic rings. The van der Waals surface area contributed by atoms with Gasteiger partial charge in [-0.05, 0) is 49.3 Å². The zero-order chi connectivity index (χ0) is 12.3. The lowest BCUT2D eigenvalue weighted by Gasteiger charge is -2.32. The van der Waals surface area contributed by atoms with Gasteiger partial charge in [0.25, 0.3) is 0 Å². The van der Waals surface area contributed by atoms with Gasteiger partial charge in [-0.2, -0.15) is 0 Å². The first-order valence-electron chi connectivity index (χ1n) is 6.34. The number of hydrazine groups is 1. The summed E-state index contributed by atoms with van der Waals surface area (Å²) < 4.78 is 5.42. The molecule has 1 aliphatic heterocycles. The van der Waals surface area contributed by atoms with E-state index in [1.54, 1.807) is 0 Å². The molecule has 0 spiro atoms. The molecule has 0 aliphatic carbocycles. The van der Waals surface area contributed by atoms with E-state index in [0.717, 1.165) is 26.1 Å². The molecule has 1 aliphatic rings. The van der Waals surface area contributed by atoms with Crippen LogP contribution in [0.2, 0.25) is 0 Å². The molecule has 94 valence electrons. The average Bonchev–Trinajstić information content (AvgIpc) is 2.35. The van der Waals surface area contributed by atoms with Gasteiger partial charge < -0.3 is 4.74 Å². The highest BCUT2D eigenvalue weighted by Gasteiger charge is 2.26. The van der Waals surface area contributed by atoms with E-state index in [9.17, 15) is 0 Å².